The summed E-state index contributed by atoms with van der Waals surface area (Å²) in [4.78, 5) is 4.24. The molecule has 0 radical (unpaired) electrons. The summed E-state index contributed by atoms with van der Waals surface area (Å²) >= 11 is 0. The summed E-state index contributed by atoms with van der Waals surface area (Å²) in [5, 5.41) is 0. The van der Waals surface area contributed by atoms with E-state index in [2.05, 4.69) is 24.1 Å². The maximum Gasteiger partial charge on any atom is 0.213 e. The summed E-state index contributed by atoms with van der Waals surface area (Å²) in [6.45, 7) is 3.56. The van der Waals surface area contributed by atoms with Crippen LogP contribution in [0.2, 0.25) is 0 Å². The Morgan fingerprint density at radius 3 is 2.82 bits per heavy atom. The molecular weight excluding hydrogens is 212 g/mol. The summed E-state index contributed by atoms with van der Waals surface area (Å²) in [5.74, 6) is 2.00. The van der Waals surface area contributed by atoms with Crippen LogP contribution in [0.15, 0.2) is 30.5 Å². The molecule has 0 spiro atoms. The Morgan fingerprint density at radius 1 is 1.35 bits per heavy atom. The van der Waals surface area contributed by atoms with Crippen molar-refractivity contribution in [1.82, 2.24) is 4.98 Å². The van der Waals surface area contributed by atoms with Crippen molar-refractivity contribution < 1.29 is 4.74 Å². The van der Waals surface area contributed by atoms with Gasteiger partial charge >= 0.3 is 0 Å². The maximum atomic E-state index is 5.73. The highest BCUT2D eigenvalue weighted by Gasteiger charge is 2.18. The van der Waals surface area contributed by atoms with Crippen LogP contribution < -0.4 is 10.5 Å². The fraction of sp³-hybridized carbons (Fsp3) is 0.500. The Hall–Kier alpha value is -1.35. The third-order valence-electron chi connectivity index (χ3n) is 3.40. The molecule has 0 aromatic carbocycles. The first kappa shape index (κ1) is 12.1. The molecule has 0 saturated heterocycles. The van der Waals surface area contributed by atoms with Crippen molar-refractivity contribution in [2.24, 2.45) is 17.6 Å². The first-order valence-corrected chi connectivity index (χ1v) is 6.22. The minimum Gasteiger partial charge on any atom is -0.477 e. The highest BCUT2D eigenvalue weighted by atomic mass is 16.5. The van der Waals surface area contributed by atoms with Gasteiger partial charge in [-0.25, -0.2) is 4.98 Å². The van der Waals surface area contributed by atoms with Crippen LogP contribution in [0.1, 0.15) is 25.3 Å². The molecule has 2 atom stereocenters. The number of aromatic nitrogens is 1. The first-order chi connectivity index (χ1) is 8.29. The van der Waals surface area contributed by atoms with Crippen LogP contribution in [-0.4, -0.2) is 11.6 Å². The minimum atomic E-state index is 0.526. The first-order valence-electron chi connectivity index (χ1n) is 6.22. The van der Waals surface area contributed by atoms with Crippen molar-refractivity contribution in [2.45, 2.75) is 26.3 Å². The molecule has 1 heterocycles. The highest BCUT2D eigenvalue weighted by Crippen LogP contribution is 2.25. The molecule has 1 aromatic heterocycles. The van der Waals surface area contributed by atoms with Gasteiger partial charge in [0, 0.05) is 18.8 Å². The Balaban J connectivity index is 1.86. The van der Waals surface area contributed by atoms with E-state index >= 15 is 0 Å². The number of nitrogens with two attached hydrogens (primary N) is 1. The molecule has 1 aliphatic carbocycles. The quantitative estimate of drug-likeness (QED) is 0.811. The van der Waals surface area contributed by atoms with Gasteiger partial charge < -0.3 is 10.5 Å². The van der Waals surface area contributed by atoms with Gasteiger partial charge in [-0.2, -0.15) is 0 Å². The van der Waals surface area contributed by atoms with E-state index in [0.29, 0.717) is 24.3 Å². The summed E-state index contributed by atoms with van der Waals surface area (Å²) in [6.07, 6.45) is 8.56. The zero-order valence-corrected chi connectivity index (χ0v) is 10.3. The van der Waals surface area contributed by atoms with Gasteiger partial charge in [0.05, 0.1) is 6.61 Å². The van der Waals surface area contributed by atoms with Gasteiger partial charge in [0.25, 0.3) is 0 Å². The normalized spacial score (nSPS) is 23.6. The summed E-state index contributed by atoms with van der Waals surface area (Å²) in [5.41, 5.74) is 6.55. The van der Waals surface area contributed by atoms with Crippen LogP contribution in [0.5, 0.6) is 5.88 Å². The Morgan fingerprint density at radius 2 is 2.18 bits per heavy atom. The third kappa shape index (κ3) is 3.30. The van der Waals surface area contributed by atoms with Crippen LogP contribution in [0.25, 0.3) is 0 Å². The molecule has 17 heavy (non-hydrogen) atoms. The molecule has 2 N–H and O–H groups in total. The van der Waals surface area contributed by atoms with Gasteiger partial charge in [-0.15, -0.1) is 0 Å². The van der Waals surface area contributed by atoms with E-state index in [1.807, 2.05) is 12.1 Å². The molecule has 3 nitrogen and oxygen atoms in total. The lowest BCUT2D eigenvalue weighted by Crippen LogP contribution is -2.21. The second kappa shape index (κ2) is 5.82. The third-order valence-corrected chi connectivity index (χ3v) is 3.40. The van der Waals surface area contributed by atoms with Crippen LogP contribution in [0.4, 0.5) is 0 Å². The number of rotatable bonds is 4. The van der Waals surface area contributed by atoms with E-state index in [1.54, 1.807) is 6.20 Å². The smallest absolute Gasteiger partial charge is 0.213 e. The number of hydrogen-bond donors (Lipinski definition) is 1. The van der Waals surface area contributed by atoms with Gasteiger partial charge in [-0.05, 0) is 30.2 Å². The lowest BCUT2D eigenvalue weighted by atomic mass is 9.85. The van der Waals surface area contributed by atoms with Crippen LogP contribution in [0, 0.1) is 11.8 Å². The molecule has 0 saturated carbocycles. The lowest BCUT2D eigenvalue weighted by molar-refractivity contribution is 0.192. The van der Waals surface area contributed by atoms with Gasteiger partial charge in [0.15, 0.2) is 0 Å². The zero-order valence-electron chi connectivity index (χ0n) is 10.3. The van der Waals surface area contributed by atoms with Crippen molar-refractivity contribution in [3.8, 4) is 5.88 Å². The maximum absolute atomic E-state index is 5.73. The van der Waals surface area contributed by atoms with Crippen molar-refractivity contribution >= 4 is 0 Å². The van der Waals surface area contributed by atoms with Crippen LogP contribution in [0.3, 0.4) is 0 Å². The predicted octanol–water partition coefficient (Wildman–Crippen LogP) is 2.52. The molecule has 2 rings (SSSR count). The van der Waals surface area contributed by atoms with Crippen molar-refractivity contribution in [2.75, 3.05) is 6.61 Å². The van der Waals surface area contributed by atoms with E-state index in [4.69, 9.17) is 10.5 Å². The lowest BCUT2D eigenvalue weighted by Gasteiger charge is -2.24. The summed E-state index contributed by atoms with van der Waals surface area (Å²) in [6, 6.07) is 3.86. The van der Waals surface area contributed by atoms with E-state index in [1.165, 1.54) is 0 Å². The van der Waals surface area contributed by atoms with E-state index in [9.17, 15) is 0 Å². The fourth-order valence-corrected chi connectivity index (χ4v) is 2.05. The molecule has 1 aromatic rings. The van der Waals surface area contributed by atoms with Gasteiger partial charge in [0.2, 0.25) is 5.88 Å². The SMILES string of the molecule is CC1CC=CCC1COc1ccc(CN)cn1. The van der Waals surface area contributed by atoms with Crippen molar-refractivity contribution in [3.05, 3.63) is 36.0 Å². The van der Waals surface area contributed by atoms with E-state index in [-0.39, 0.29) is 0 Å². The molecular formula is C14H20N2O. The number of pyridine rings is 1. The number of nitrogens with zero attached hydrogens (tertiary/aromatic N) is 1. The summed E-state index contributed by atoms with van der Waals surface area (Å²) < 4.78 is 5.73. The van der Waals surface area contributed by atoms with Gasteiger partial charge in [-0.3, -0.25) is 0 Å². The van der Waals surface area contributed by atoms with Gasteiger partial charge in [0.1, 0.15) is 0 Å². The number of allylic oxidation sites excluding steroid dienone is 2. The summed E-state index contributed by atoms with van der Waals surface area (Å²) in [7, 11) is 0. The second-order valence-corrected chi connectivity index (χ2v) is 4.70. The van der Waals surface area contributed by atoms with E-state index < -0.39 is 0 Å². The van der Waals surface area contributed by atoms with Crippen molar-refractivity contribution in [3.63, 3.8) is 0 Å². The molecule has 2 unspecified atom stereocenters. The predicted molar refractivity (Wildman–Crippen MR) is 68.7 cm³/mol. The molecule has 3 heteroatoms. The molecule has 0 bridgehead atoms. The number of ether oxygens (including phenoxy) is 1. The monoisotopic (exact) mass is 232 g/mol. The molecule has 1 aliphatic rings. The Labute approximate surface area is 103 Å². The van der Waals surface area contributed by atoms with Crippen molar-refractivity contribution in [1.29, 1.82) is 0 Å². The standard InChI is InChI=1S/C14H20N2O/c1-11-4-2-3-5-13(11)10-17-14-7-6-12(8-15)9-16-14/h2-3,6-7,9,11,13H,4-5,8,10,15H2,1H3. The van der Waals surface area contributed by atoms with Gasteiger partial charge in [-0.1, -0.05) is 25.1 Å². The number of hydrogen-bond acceptors (Lipinski definition) is 3. The topological polar surface area (TPSA) is 48.1 Å². The molecule has 92 valence electrons. The molecule has 0 fully saturated rings. The molecule has 0 amide bonds. The molecule has 0 aliphatic heterocycles. The zero-order chi connectivity index (χ0) is 12.1. The van der Waals surface area contributed by atoms with Crippen LogP contribution >= 0.6 is 0 Å². The Bertz CT molecular complexity index is 372. The second-order valence-electron chi connectivity index (χ2n) is 4.70. The minimum absolute atomic E-state index is 0.526. The fourth-order valence-electron chi connectivity index (χ4n) is 2.05. The van der Waals surface area contributed by atoms with Crippen LogP contribution in [-0.2, 0) is 6.54 Å². The largest absolute Gasteiger partial charge is 0.477 e. The Kier molecular flexibility index (Phi) is 4.15. The highest BCUT2D eigenvalue weighted by molar-refractivity contribution is 5.17. The van der Waals surface area contributed by atoms with E-state index in [0.717, 1.165) is 25.0 Å². The average molecular weight is 232 g/mol. The average Bonchev–Trinajstić information content (AvgIpc) is 2.38.